The van der Waals surface area contributed by atoms with E-state index >= 15 is 0 Å². The molecule has 0 unspecified atom stereocenters. The van der Waals surface area contributed by atoms with Crippen molar-refractivity contribution in [3.63, 3.8) is 0 Å². The van der Waals surface area contributed by atoms with Crippen molar-refractivity contribution in [1.82, 2.24) is 0 Å². The van der Waals surface area contributed by atoms with Crippen LogP contribution in [-0.4, -0.2) is 41.4 Å². The van der Waals surface area contributed by atoms with Crippen LogP contribution in [0, 0.1) is 5.41 Å². The maximum Gasteiger partial charge on any atom is 0.222 e. The molecule has 4 heteroatoms. The fourth-order valence-electron chi connectivity index (χ4n) is 3.14. The van der Waals surface area contributed by atoms with Gasteiger partial charge in [0.05, 0.1) is 13.2 Å². The summed E-state index contributed by atoms with van der Waals surface area (Å²) in [6.45, 7) is 5.64. The number of hydrogen-bond acceptors (Lipinski definition) is 4. The van der Waals surface area contributed by atoms with Gasteiger partial charge >= 0.3 is 0 Å². The van der Waals surface area contributed by atoms with Gasteiger partial charge in [0.1, 0.15) is 0 Å². The van der Waals surface area contributed by atoms with Crippen molar-refractivity contribution in [3.05, 3.63) is 59.7 Å². The molecule has 0 aliphatic carbocycles. The van der Waals surface area contributed by atoms with E-state index in [-0.39, 0.29) is 5.41 Å². The van der Waals surface area contributed by atoms with E-state index in [1.807, 2.05) is 28.2 Å². The van der Waals surface area contributed by atoms with Crippen molar-refractivity contribution in [2.45, 2.75) is 19.6 Å². The van der Waals surface area contributed by atoms with Crippen LogP contribution < -0.4 is 9.80 Å². The first kappa shape index (κ1) is 18.7. The second-order valence-corrected chi connectivity index (χ2v) is 8.24. The Labute approximate surface area is 157 Å². The standard InChI is InChI=1S/C22H30N2O2/c1-21(2)15-25-22(26-16-21,17-7-11-19(12-8-17)23(3)4)18-9-13-20(14-10-18)24(5)6/h7-14H,15-16H2,1-6H3. The van der Waals surface area contributed by atoms with Crippen molar-refractivity contribution >= 4 is 11.4 Å². The zero-order valence-electron chi connectivity index (χ0n) is 16.7. The van der Waals surface area contributed by atoms with E-state index in [1.165, 1.54) is 0 Å². The third-order valence-corrected chi connectivity index (χ3v) is 4.86. The Morgan fingerprint density at radius 2 is 1.00 bits per heavy atom. The lowest BCUT2D eigenvalue weighted by molar-refractivity contribution is -0.284. The molecular formula is C22H30N2O2. The van der Waals surface area contributed by atoms with Gasteiger partial charge in [-0.15, -0.1) is 0 Å². The topological polar surface area (TPSA) is 24.9 Å². The summed E-state index contributed by atoms with van der Waals surface area (Å²) in [5.41, 5.74) is 4.37. The first-order chi connectivity index (χ1) is 12.2. The van der Waals surface area contributed by atoms with Crippen LogP contribution in [0.1, 0.15) is 25.0 Å². The number of ether oxygens (including phenoxy) is 2. The van der Waals surface area contributed by atoms with E-state index < -0.39 is 5.79 Å². The molecule has 4 nitrogen and oxygen atoms in total. The summed E-state index contributed by atoms with van der Waals surface area (Å²) in [4.78, 5) is 4.18. The summed E-state index contributed by atoms with van der Waals surface area (Å²) in [7, 11) is 8.17. The maximum absolute atomic E-state index is 6.40. The van der Waals surface area contributed by atoms with Crippen molar-refractivity contribution < 1.29 is 9.47 Å². The number of hydrogen-bond donors (Lipinski definition) is 0. The molecular weight excluding hydrogens is 324 g/mol. The Kier molecular flexibility index (Phi) is 5.00. The van der Waals surface area contributed by atoms with Gasteiger partial charge in [-0.05, 0) is 24.3 Å². The van der Waals surface area contributed by atoms with Crippen molar-refractivity contribution in [2.75, 3.05) is 51.2 Å². The predicted molar refractivity (Wildman–Crippen MR) is 108 cm³/mol. The Bertz CT molecular complexity index is 670. The van der Waals surface area contributed by atoms with Gasteiger partial charge in [0.15, 0.2) is 0 Å². The third-order valence-electron chi connectivity index (χ3n) is 4.86. The van der Waals surface area contributed by atoms with Crippen LogP contribution in [0.4, 0.5) is 11.4 Å². The molecule has 0 atom stereocenters. The zero-order valence-corrected chi connectivity index (χ0v) is 16.7. The van der Waals surface area contributed by atoms with Crippen molar-refractivity contribution in [2.24, 2.45) is 5.41 Å². The molecule has 1 saturated heterocycles. The van der Waals surface area contributed by atoms with E-state index in [4.69, 9.17) is 9.47 Å². The highest BCUT2D eigenvalue weighted by molar-refractivity contribution is 5.51. The van der Waals surface area contributed by atoms with E-state index in [1.54, 1.807) is 0 Å². The zero-order chi connectivity index (χ0) is 18.9. The molecule has 0 saturated carbocycles. The molecule has 140 valence electrons. The molecule has 26 heavy (non-hydrogen) atoms. The summed E-state index contributed by atoms with van der Waals surface area (Å²) in [6.07, 6.45) is 0. The van der Waals surface area contributed by atoms with Gasteiger partial charge < -0.3 is 19.3 Å². The van der Waals surface area contributed by atoms with E-state index in [0.717, 1.165) is 22.5 Å². The normalized spacial score (nSPS) is 18.4. The Morgan fingerprint density at radius 1 is 0.654 bits per heavy atom. The molecule has 1 aliphatic heterocycles. The lowest BCUT2D eigenvalue weighted by Crippen LogP contribution is -2.46. The Hall–Kier alpha value is -2.04. The SMILES string of the molecule is CN(C)c1ccc(C2(c3ccc(N(C)C)cc3)OCC(C)(C)CO2)cc1. The minimum Gasteiger partial charge on any atom is -0.378 e. The predicted octanol–water partition coefficient (Wildman–Crippen LogP) is 4.09. The van der Waals surface area contributed by atoms with Crippen LogP contribution in [0.3, 0.4) is 0 Å². The third kappa shape index (κ3) is 3.57. The number of benzene rings is 2. The lowest BCUT2D eigenvalue weighted by Gasteiger charge is -2.44. The molecule has 3 rings (SSSR count). The summed E-state index contributed by atoms with van der Waals surface area (Å²) in [5.74, 6) is -0.856. The van der Waals surface area contributed by atoms with Crippen LogP contribution in [0.15, 0.2) is 48.5 Å². The monoisotopic (exact) mass is 354 g/mol. The maximum atomic E-state index is 6.40. The number of anilines is 2. The van der Waals surface area contributed by atoms with Gasteiger partial charge in [-0.25, -0.2) is 0 Å². The highest BCUT2D eigenvalue weighted by Gasteiger charge is 2.43. The van der Waals surface area contributed by atoms with Gasteiger partial charge in [-0.3, -0.25) is 0 Å². The van der Waals surface area contributed by atoms with Crippen molar-refractivity contribution in [1.29, 1.82) is 0 Å². The van der Waals surface area contributed by atoms with Gasteiger partial charge in [-0.1, -0.05) is 38.1 Å². The molecule has 0 N–H and O–H groups in total. The van der Waals surface area contributed by atoms with Crippen molar-refractivity contribution in [3.8, 4) is 0 Å². The molecule has 0 bridgehead atoms. The van der Waals surface area contributed by atoms with Crippen LogP contribution in [-0.2, 0) is 15.3 Å². The Balaban J connectivity index is 2.02. The molecule has 0 radical (unpaired) electrons. The average Bonchev–Trinajstić information content (AvgIpc) is 2.62. The van der Waals surface area contributed by atoms with Gasteiger partial charge in [0.25, 0.3) is 0 Å². The molecule has 2 aromatic carbocycles. The summed E-state index contributed by atoms with van der Waals surface area (Å²) < 4.78 is 12.8. The lowest BCUT2D eigenvalue weighted by atomic mass is 9.90. The highest BCUT2D eigenvalue weighted by atomic mass is 16.7. The molecule has 0 spiro atoms. The smallest absolute Gasteiger partial charge is 0.222 e. The fourth-order valence-corrected chi connectivity index (χ4v) is 3.14. The van der Waals surface area contributed by atoms with Crippen LogP contribution in [0.25, 0.3) is 0 Å². The molecule has 1 fully saturated rings. The summed E-state index contributed by atoms with van der Waals surface area (Å²) in [5, 5.41) is 0. The largest absolute Gasteiger partial charge is 0.378 e. The molecule has 0 aromatic heterocycles. The van der Waals surface area contributed by atoms with Gasteiger partial charge in [0, 0.05) is 56.1 Å². The molecule has 1 aliphatic rings. The Morgan fingerprint density at radius 3 is 1.31 bits per heavy atom. The minimum absolute atomic E-state index is 0.0106. The summed E-state index contributed by atoms with van der Waals surface area (Å²) >= 11 is 0. The molecule has 2 aromatic rings. The van der Waals surface area contributed by atoms with Crippen LogP contribution >= 0.6 is 0 Å². The minimum atomic E-state index is -0.856. The number of rotatable bonds is 4. The van der Waals surface area contributed by atoms with E-state index in [0.29, 0.717) is 13.2 Å². The first-order valence-electron chi connectivity index (χ1n) is 9.07. The second-order valence-electron chi connectivity index (χ2n) is 8.24. The van der Waals surface area contributed by atoms with E-state index in [9.17, 15) is 0 Å². The van der Waals surface area contributed by atoms with Crippen LogP contribution in [0.2, 0.25) is 0 Å². The second kappa shape index (κ2) is 6.93. The fraction of sp³-hybridized carbons (Fsp3) is 0.455. The van der Waals surface area contributed by atoms with Crippen LogP contribution in [0.5, 0.6) is 0 Å². The number of nitrogens with zero attached hydrogens (tertiary/aromatic N) is 2. The molecule has 1 heterocycles. The average molecular weight is 354 g/mol. The van der Waals surface area contributed by atoms with Gasteiger partial charge in [-0.2, -0.15) is 0 Å². The van der Waals surface area contributed by atoms with E-state index in [2.05, 4.69) is 72.2 Å². The highest BCUT2D eigenvalue weighted by Crippen LogP contribution is 2.42. The van der Waals surface area contributed by atoms with Gasteiger partial charge in [0.2, 0.25) is 5.79 Å². The molecule has 0 amide bonds. The first-order valence-corrected chi connectivity index (χ1v) is 9.07. The summed E-state index contributed by atoms with van der Waals surface area (Å²) in [6, 6.07) is 16.9. The quantitative estimate of drug-likeness (QED) is 0.825.